The Hall–Kier alpha value is -4.63. The van der Waals surface area contributed by atoms with E-state index in [1.54, 1.807) is 28.1 Å². The quantitative estimate of drug-likeness (QED) is 0.201. The summed E-state index contributed by atoms with van der Waals surface area (Å²) in [6, 6.07) is 23.7. The van der Waals surface area contributed by atoms with E-state index < -0.39 is 11.6 Å². The topological polar surface area (TPSA) is 120 Å². The second-order valence-corrected chi connectivity index (χ2v) is 11.0. The minimum atomic E-state index is -1.07. The number of methoxy groups -OCH3 is 2. The number of amides is 1. The van der Waals surface area contributed by atoms with Gasteiger partial charge in [0.2, 0.25) is 5.91 Å². The van der Waals surface area contributed by atoms with Gasteiger partial charge in [-0.2, -0.15) is 0 Å². The highest BCUT2D eigenvalue weighted by Crippen LogP contribution is 2.29. The second kappa shape index (κ2) is 12.5. The second-order valence-electron chi connectivity index (χ2n) is 11.0. The van der Waals surface area contributed by atoms with Crippen LogP contribution in [0.4, 0.5) is 0 Å². The molecule has 0 aliphatic rings. The van der Waals surface area contributed by atoms with E-state index >= 15 is 0 Å². The zero-order chi connectivity index (χ0) is 29.7. The Morgan fingerprint density at radius 2 is 1.74 bits per heavy atom. The highest BCUT2D eigenvalue weighted by Gasteiger charge is 2.30. The standard InChI is InChI=1S/C33H38N6O3/c1-33(2,34)32(40)36-28(18-24-20-35-27-13-9-8-12-26(24)27)31-38-37-30(17-14-22-10-6-5-7-11-22)39(31)21-23-15-16-25(41-3)19-29(23)42-4/h5-13,15-16,19-20,28,35H,14,17-18,21,34H2,1-4H3,(H,36,40)/t28-/m0/s1. The Kier molecular flexibility index (Phi) is 8.59. The Labute approximate surface area is 246 Å². The number of nitrogens with two attached hydrogens (primary N) is 1. The number of fused-ring (bicyclic) bond motifs is 1. The van der Waals surface area contributed by atoms with Gasteiger partial charge in [0.05, 0.1) is 32.3 Å². The number of rotatable bonds is 12. The number of aryl methyl sites for hydroxylation is 2. The van der Waals surface area contributed by atoms with Crippen LogP contribution >= 0.6 is 0 Å². The van der Waals surface area contributed by atoms with Gasteiger partial charge in [-0.15, -0.1) is 10.2 Å². The van der Waals surface area contributed by atoms with Gasteiger partial charge in [0.1, 0.15) is 17.3 Å². The molecule has 0 fully saturated rings. The van der Waals surface area contributed by atoms with Crippen molar-refractivity contribution in [2.24, 2.45) is 5.73 Å². The maximum absolute atomic E-state index is 13.3. The van der Waals surface area contributed by atoms with Crippen LogP contribution < -0.4 is 20.5 Å². The lowest BCUT2D eigenvalue weighted by atomic mass is 10.0. The van der Waals surface area contributed by atoms with Gasteiger partial charge in [0.25, 0.3) is 0 Å². The largest absolute Gasteiger partial charge is 0.497 e. The number of hydrogen-bond acceptors (Lipinski definition) is 6. The van der Waals surface area contributed by atoms with Crippen molar-refractivity contribution in [1.82, 2.24) is 25.1 Å². The number of aromatic nitrogens is 4. The molecule has 218 valence electrons. The SMILES string of the molecule is COc1ccc(Cn2c(CCc3ccccc3)nnc2[C@H](Cc2c[nH]c3ccccc23)NC(=O)C(C)(C)N)c(OC)c1. The van der Waals surface area contributed by atoms with E-state index in [0.717, 1.165) is 34.3 Å². The molecule has 1 amide bonds. The third kappa shape index (κ3) is 6.47. The number of hydrogen-bond donors (Lipinski definition) is 3. The number of carbonyl (C=O) groups is 1. The van der Waals surface area contributed by atoms with Crippen LogP contribution in [0, 0.1) is 0 Å². The monoisotopic (exact) mass is 566 g/mol. The van der Waals surface area contributed by atoms with Crippen molar-refractivity contribution in [3.8, 4) is 11.5 Å². The van der Waals surface area contributed by atoms with Crippen LogP contribution in [0.25, 0.3) is 10.9 Å². The Morgan fingerprint density at radius 1 is 0.976 bits per heavy atom. The summed E-state index contributed by atoms with van der Waals surface area (Å²) in [7, 11) is 3.27. The summed E-state index contributed by atoms with van der Waals surface area (Å²) in [6.07, 6.45) is 3.96. The molecule has 9 heteroatoms. The van der Waals surface area contributed by atoms with Crippen LogP contribution in [0.3, 0.4) is 0 Å². The number of aromatic amines is 1. The van der Waals surface area contributed by atoms with E-state index in [4.69, 9.17) is 20.3 Å². The fourth-order valence-electron chi connectivity index (χ4n) is 5.09. The van der Waals surface area contributed by atoms with Gasteiger partial charge in [0, 0.05) is 41.6 Å². The van der Waals surface area contributed by atoms with Gasteiger partial charge < -0.3 is 30.1 Å². The number of carbonyl (C=O) groups excluding carboxylic acids is 1. The van der Waals surface area contributed by atoms with Crippen LogP contribution in [-0.4, -0.2) is 45.4 Å². The number of H-pyrrole nitrogens is 1. The van der Waals surface area contributed by atoms with Crippen LogP contribution in [0.15, 0.2) is 79.0 Å². The first kappa shape index (κ1) is 28.9. The molecule has 42 heavy (non-hydrogen) atoms. The number of ether oxygens (including phenoxy) is 2. The van der Waals surface area contributed by atoms with Crippen LogP contribution in [0.2, 0.25) is 0 Å². The van der Waals surface area contributed by atoms with Gasteiger partial charge >= 0.3 is 0 Å². The average molecular weight is 567 g/mol. The predicted octanol–water partition coefficient (Wildman–Crippen LogP) is 4.75. The minimum Gasteiger partial charge on any atom is -0.497 e. The van der Waals surface area contributed by atoms with Gasteiger partial charge in [-0.05, 0) is 49.6 Å². The Balaban J connectivity index is 1.57. The molecule has 0 saturated heterocycles. The molecule has 0 aliphatic heterocycles. The molecule has 0 spiro atoms. The lowest BCUT2D eigenvalue weighted by Crippen LogP contribution is -2.50. The molecule has 4 N–H and O–H groups in total. The zero-order valence-electron chi connectivity index (χ0n) is 24.6. The van der Waals surface area contributed by atoms with Crippen LogP contribution in [0.1, 0.15) is 48.2 Å². The van der Waals surface area contributed by atoms with Crippen molar-refractivity contribution in [3.63, 3.8) is 0 Å². The summed E-state index contributed by atoms with van der Waals surface area (Å²) < 4.78 is 13.2. The summed E-state index contributed by atoms with van der Waals surface area (Å²) in [5.74, 6) is 2.60. The summed E-state index contributed by atoms with van der Waals surface area (Å²) in [4.78, 5) is 16.6. The van der Waals surface area contributed by atoms with Gasteiger partial charge in [0.15, 0.2) is 5.82 Å². The molecule has 9 nitrogen and oxygen atoms in total. The fourth-order valence-corrected chi connectivity index (χ4v) is 5.09. The van der Waals surface area contributed by atoms with Crippen molar-refractivity contribution in [1.29, 1.82) is 0 Å². The first-order valence-electron chi connectivity index (χ1n) is 14.1. The summed E-state index contributed by atoms with van der Waals surface area (Å²) in [5.41, 5.74) is 9.40. The van der Waals surface area contributed by atoms with Crippen molar-refractivity contribution in [2.75, 3.05) is 14.2 Å². The third-order valence-corrected chi connectivity index (χ3v) is 7.46. The van der Waals surface area contributed by atoms with E-state index in [1.165, 1.54) is 5.56 Å². The van der Waals surface area contributed by atoms with E-state index in [1.807, 2.05) is 60.8 Å². The Bertz CT molecular complexity index is 1650. The summed E-state index contributed by atoms with van der Waals surface area (Å²) in [5, 5.41) is 13.6. The van der Waals surface area contributed by atoms with E-state index in [-0.39, 0.29) is 5.91 Å². The predicted molar refractivity (Wildman–Crippen MR) is 164 cm³/mol. The molecule has 1 atom stereocenters. The van der Waals surface area contributed by atoms with Crippen molar-refractivity contribution in [2.45, 2.75) is 51.2 Å². The van der Waals surface area contributed by atoms with E-state index in [2.05, 4.69) is 38.2 Å². The lowest BCUT2D eigenvalue weighted by molar-refractivity contribution is -0.126. The molecule has 2 heterocycles. The van der Waals surface area contributed by atoms with Gasteiger partial charge in [-0.25, -0.2) is 0 Å². The minimum absolute atomic E-state index is 0.269. The first-order chi connectivity index (χ1) is 20.3. The molecule has 2 aromatic heterocycles. The maximum atomic E-state index is 13.3. The molecule has 0 bridgehead atoms. The molecule has 0 aliphatic carbocycles. The summed E-state index contributed by atoms with van der Waals surface area (Å²) >= 11 is 0. The molecule has 0 radical (unpaired) electrons. The molecule has 5 aromatic rings. The maximum Gasteiger partial charge on any atom is 0.240 e. The van der Waals surface area contributed by atoms with Crippen molar-refractivity contribution >= 4 is 16.8 Å². The third-order valence-electron chi connectivity index (χ3n) is 7.46. The average Bonchev–Trinajstić information content (AvgIpc) is 3.59. The van der Waals surface area contributed by atoms with Crippen molar-refractivity contribution < 1.29 is 14.3 Å². The number of nitrogens with one attached hydrogen (secondary N) is 2. The number of benzene rings is 3. The zero-order valence-corrected chi connectivity index (χ0v) is 24.6. The normalized spacial score (nSPS) is 12.3. The van der Waals surface area contributed by atoms with Gasteiger partial charge in [-0.1, -0.05) is 48.5 Å². The molecule has 0 unspecified atom stereocenters. The summed E-state index contributed by atoms with van der Waals surface area (Å²) in [6.45, 7) is 3.85. The Morgan fingerprint density at radius 3 is 2.48 bits per heavy atom. The molecule has 5 rings (SSSR count). The molecular weight excluding hydrogens is 528 g/mol. The fraction of sp³-hybridized carbons (Fsp3) is 0.303. The molecule has 0 saturated carbocycles. The van der Waals surface area contributed by atoms with Crippen LogP contribution in [0.5, 0.6) is 11.5 Å². The highest BCUT2D eigenvalue weighted by atomic mass is 16.5. The lowest BCUT2D eigenvalue weighted by Gasteiger charge is -2.25. The highest BCUT2D eigenvalue weighted by molar-refractivity contribution is 5.86. The smallest absolute Gasteiger partial charge is 0.240 e. The van der Waals surface area contributed by atoms with E-state index in [9.17, 15) is 4.79 Å². The van der Waals surface area contributed by atoms with Crippen molar-refractivity contribution in [3.05, 3.63) is 107 Å². The molecular formula is C33H38N6O3. The number of para-hydroxylation sites is 1. The molecule has 3 aromatic carbocycles. The van der Waals surface area contributed by atoms with Gasteiger partial charge in [-0.3, -0.25) is 4.79 Å². The van der Waals surface area contributed by atoms with E-state index in [0.29, 0.717) is 36.7 Å². The number of nitrogens with zero attached hydrogens (tertiary/aromatic N) is 3. The first-order valence-corrected chi connectivity index (χ1v) is 14.1. The van der Waals surface area contributed by atoms with Crippen LogP contribution in [-0.2, 0) is 30.6 Å².